The average molecular weight is 295 g/mol. The fourth-order valence-corrected chi connectivity index (χ4v) is 1.24. The monoisotopic (exact) mass is 295 g/mol. The molecular formula is C13H11F2N3O3. The summed E-state index contributed by atoms with van der Waals surface area (Å²) >= 11 is 0. The third-order valence-corrected chi connectivity index (χ3v) is 2.39. The van der Waals surface area contributed by atoms with Crippen LogP contribution in [0.5, 0.6) is 0 Å². The molecule has 1 rings (SSSR count). The zero-order valence-corrected chi connectivity index (χ0v) is 10.9. The summed E-state index contributed by atoms with van der Waals surface area (Å²) in [7, 11) is 0. The van der Waals surface area contributed by atoms with Crippen molar-refractivity contribution in [2.75, 3.05) is 5.32 Å². The summed E-state index contributed by atoms with van der Waals surface area (Å²) in [6.07, 6.45) is 0.903. The summed E-state index contributed by atoms with van der Waals surface area (Å²) in [6.45, 7) is 1.22. The number of hydrogen-bond acceptors (Lipinski definition) is 4. The zero-order chi connectivity index (χ0) is 16.0. The van der Waals surface area contributed by atoms with Gasteiger partial charge in [0.2, 0.25) is 0 Å². The highest BCUT2D eigenvalue weighted by atomic mass is 19.1. The third kappa shape index (κ3) is 4.58. The minimum Gasteiger partial charge on any atom is -0.480 e. The molecule has 1 aromatic rings. The topological polar surface area (TPSA) is 102 Å². The van der Waals surface area contributed by atoms with Gasteiger partial charge in [-0.05, 0) is 19.1 Å². The number of hydrogen-bond donors (Lipinski definition) is 3. The van der Waals surface area contributed by atoms with E-state index in [-0.39, 0.29) is 5.69 Å². The molecule has 0 radical (unpaired) electrons. The highest BCUT2D eigenvalue weighted by molar-refractivity contribution is 5.99. The number of nitrogens with zero attached hydrogens (tertiary/aromatic N) is 1. The number of rotatable bonds is 5. The first-order valence-electron chi connectivity index (χ1n) is 5.70. The number of nitrogens with one attached hydrogen (secondary N) is 2. The van der Waals surface area contributed by atoms with Gasteiger partial charge in [-0.3, -0.25) is 9.59 Å². The molecule has 0 aliphatic carbocycles. The van der Waals surface area contributed by atoms with Crippen molar-refractivity contribution in [1.29, 1.82) is 5.26 Å². The highest BCUT2D eigenvalue weighted by Crippen LogP contribution is 2.15. The number of carbonyl (C=O) groups is 2. The van der Waals surface area contributed by atoms with Crippen molar-refractivity contribution in [2.45, 2.75) is 13.0 Å². The molecule has 3 N–H and O–H groups in total. The van der Waals surface area contributed by atoms with Crippen molar-refractivity contribution in [2.24, 2.45) is 0 Å². The van der Waals surface area contributed by atoms with Crippen molar-refractivity contribution < 1.29 is 23.5 Å². The normalized spacial score (nSPS) is 12.2. The Morgan fingerprint density at radius 2 is 2.10 bits per heavy atom. The van der Waals surface area contributed by atoms with Crippen molar-refractivity contribution in [3.05, 3.63) is 41.6 Å². The number of amides is 1. The second kappa shape index (κ2) is 7.00. The Bertz CT molecular complexity index is 638. The van der Waals surface area contributed by atoms with Crippen LogP contribution in [0.4, 0.5) is 14.5 Å². The molecule has 0 bridgehead atoms. The highest BCUT2D eigenvalue weighted by Gasteiger charge is 2.17. The van der Waals surface area contributed by atoms with E-state index in [1.54, 1.807) is 6.07 Å². The Morgan fingerprint density at radius 1 is 1.43 bits per heavy atom. The molecule has 8 heteroatoms. The van der Waals surface area contributed by atoms with Crippen molar-refractivity contribution in [3.63, 3.8) is 0 Å². The number of benzene rings is 1. The molecule has 0 aliphatic rings. The quantitative estimate of drug-likeness (QED) is 0.562. The van der Waals surface area contributed by atoms with E-state index < -0.39 is 35.1 Å². The summed E-state index contributed by atoms with van der Waals surface area (Å²) in [5.74, 6) is -3.86. The number of aliphatic carboxylic acids is 1. The lowest BCUT2D eigenvalue weighted by Crippen LogP contribution is -2.39. The van der Waals surface area contributed by atoms with Crippen molar-refractivity contribution in [1.82, 2.24) is 5.32 Å². The van der Waals surface area contributed by atoms with E-state index in [4.69, 9.17) is 10.4 Å². The number of anilines is 1. The van der Waals surface area contributed by atoms with Gasteiger partial charge < -0.3 is 15.7 Å². The maximum atomic E-state index is 13.3. The van der Waals surface area contributed by atoms with Crippen LogP contribution < -0.4 is 10.6 Å². The van der Waals surface area contributed by atoms with E-state index in [0.29, 0.717) is 6.07 Å². The van der Waals surface area contributed by atoms with Gasteiger partial charge in [0.25, 0.3) is 5.91 Å². The van der Waals surface area contributed by atoms with Crippen LogP contribution in [0, 0.1) is 23.0 Å². The molecule has 0 saturated carbocycles. The fourth-order valence-electron chi connectivity index (χ4n) is 1.24. The minimum atomic E-state index is -1.27. The molecule has 0 spiro atoms. The van der Waals surface area contributed by atoms with Gasteiger partial charge in [-0.25, -0.2) is 8.78 Å². The summed E-state index contributed by atoms with van der Waals surface area (Å²) < 4.78 is 26.0. The number of carboxylic acid groups (broad SMARTS) is 1. The molecule has 0 aliphatic heterocycles. The Kier molecular flexibility index (Phi) is 5.37. The smallest absolute Gasteiger partial charge is 0.325 e. The van der Waals surface area contributed by atoms with E-state index in [2.05, 4.69) is 10.6 Å². The van der Waals surface area contributed by atoms with Gasteiger partial charge in [-0.1, -0.05) is 0 Å². The summed E-state index contributed by atoms with van der Waals surface area (Å²) in [5.41, 5.74) is -0.588. The first kappa shape index (κ1) is 16.1. The minimum absolute atomic E-state index is 0.136. The number of nitriles is 1. The lowest BCUT2D eigenvalue weighted by molar-refractivity contribution is -0.140. The molecule has 110 valence electrons. The molecule has 0 heterocycles. The Morgan fingerprint density at radius 3 is 2.62 bits per heavy atom. The number of halogens is 2. The predicted octanol–water partition coefficient (Wildman–Crippen LogP) is 1.37. The lowest BCUT2D eigenvalue weighted by Gasteiger charge is -2.08. The van der Waals surface area contributed by atoms with E-state index in [1.807, 2.05) is 0 Å². The fraction of sp³-hybridized carbons (Fsp3) is 0.154. The van der Waals surface area contributed by atoms with Gasteiger partial charge >= 0.3 is 5.97 Å². The molecular weight excluding hydrogens is 284 g/mol. The maximum absolute atomic E-state index is 13.3. The largest absolute Gasteiger partial charge is 0.480 e. The zero-order valence-electron chi connectivity index (χ0n) is 10.9. The Balaban J connectivity index is 2.83. The van der Waals surface area contributed by atoms with Crippen LogP contribution in [0.3, 0.4) is 0 Å². The number of carbonyl (C=O) groups excluding carboxylic acids is 1. The molecule has 0 fully saturated rings. The van der Waals surface area contributed by atoms with Crippen LogP contribution in [0.25, 0.3) is 0 Å². The first-order chi connectivity index (χ1) is 9.85. The van der Waals surface area contributed by atoms with E-state index >= 15 is 0 Å². The molecule has 1 unspecified atom stereocenters. The van der Waals surface area contributed by atoms with Crippen LogP contribution in [0.2, 0.25) is 0 Å². The summed E-state index contributed by atoms with van der Waals surface area (Å²) in [5, 5.41) is 21.9. The van der Waals surface area contributed by atoms with Crippen LogP contribution in [0.1, 0.15) is 6.92 Å². The third-order valence-electron chi connectivity index (χ3n) is 2.39. The average Bonchev–Trinajstić information content (AvgIpc) is 2.41. The number of carboxylic acids is 1. The summed E-state index contributed by atoms with van der Waals surface area (Å²) in [6, 6.07) is 3.08. The molecule has 21 heavy (non-hydrogen) atoms. The van der Waals surface area contributed by atoms with Gasteiger partial charge in [0, 0.05) is 12.3 Å². The lowest BCUT2D eigenvalue weighted by atomic mass is 10.2. The molecule has 1 atom stereocenters. The molecule has 6 nitrogen and oxygen atoms in total. The van der Waals surface area contributed by atoms with E-state index in [9.17, 15) is 18.4 Å². The Hall–Kier alpha value is -2.95. The van der Waals surface area contributed by atoms with Gasteiger partial charge in [-0.15, -0.1) is 0 Å². The second-order valence-corrected chi connectivity index (χ2v) is 3.97. The Labute approximate surface area is 118 Å². The van der Waals surface area contributed by atoms with Crippen LogP contribution in [-0.2, 0) is 9.59 Å². The first-order valence-corrected chi connectivity index (χ1v) is 5.70. The van der Waals surface area contributed by atoms with Crippen molar-refractivity contribution >= 4 is 17.6 Å². The van der Waals surface area contributed by atoms with Gasteiger partial charge in [0.15, 0.2) is 0 Å². The van der Waals surface area contributed by atoms with Gasteiger partial charge in [0.05, 0.1) is 5.69 Å². The molecule has 1 aromatic carbocycles. The molecule has 1 amide bonds. The van der Waals surface area contributed by atoms with E-state index in [0.717, 1.165) is 18.3 Å². The van der Waals surface area contributed by atoms with Gasteiger partial charge in [0.1, 0.15) is 29.3 Å². The van der Waals surface area contributed by atoms with Gasteiger partial charge in [-0.2, -0.15) is 5.26 Å². The second-order valence-electron chi connectivity index (χ2n) is 3.97. The predicted molar refractivity (Wildman–Crippen MR) is 68.9 cm³/mol. The SMILES string of the molecule is CC(NC(=O)/C(C#N)=C\Nc1ccc(F)cc1F)C(=O)O. The molecule has 0 aromatic heterocycles. The summed E-state index contributed by atoms with van der Waals surface area (Å²) in [4.78, 5) is 22.2. The van der Waals surface area contributed by atoms with Crippen molar-refractivity contribution in [3.8, 4) is 6.07 Å². The van der Waals surface area contributed by atoms with Crippen LogP contribution in [0.15, 0.2) is 30.0 Å². The van der Waals surface area contributed by atoms with E-state index in [1.165, 1.54) is 6.92 Å². The molecule has 0 saturated heterocycles. The maximum Gasteiger partial charge on any atom is 0.325 e. The van der Waals surface area contributed by atoms with Crippen LogP contribution >= 0.6 is 0 Å². The van der Waals surface area contributed by atoms with Crippen LogP contribution in [-0.4, -0.2) is 23.0 Å². The standard InChI is InChI=1S/C13H11F2N3O3/c1-7(13(20)21)18-12(19)8(5-16)6-17-11-3-2-9(14)4-10(11)15/h2-4,6-7,17H,1H3,(H,18,19)(H,20,21)/b8-6-.